The largest absolute Gasteiger partial charge is 0.341 e. The summed E-state index contributed by atoms with van der Waals surface area (Å²) in [5.74, 6) is -0.477. The lowest BCUT2D eigenvalue weighted by Crippen LogP contribution is -2.44. The fourth-order valence-electron chi connectivity index (χ4n) is 4.15. The Kier molecular flexibility index (Phi) is 6.11. The molecule has 1 saturated carbocycles. The Balaban J connectivity index is 0.00000210. The van der Waals surface area contributed by atoms with E-state index in [4.69, 9.17) is 0 Å². The number of nitrogens with one attached hydrogen (secondary N) is 2. The third kappa shape index (κ3) is 4.14. The van der Waals surface area contributed by atoms with Gasteiger partial charge in [0, 0.05) is 0 Å². The number of carbonyl (C=O) groups is 1. The lowest BCUT2D eigenvalue weighted by Gasteiger charge is -2.30. The summed E-state index contributed by atoms with van der Waals surface area (Å²) in [5.41, 5.74) is 0.857. The van der Waals surface area contributed by atoms with Crippen LogP contribution in [-0.4, -0.2) is 34.0 Å². The minimum absolute atomic E-state index is 0. The van der Waals surface area contributed by atoms with Gasteiger partial charge in [-0.1, -0.05) is 30.2 Å². The molecule has 2 aliphatic rings. The van der Waals surface area contributed by atoms with E-state index < -0.39 is 5.54 Å². The van der Waals surface area contributed by atoms with Gasteiger partial charge in [0.05, 0.1) is 17.8 Å². The predicted octanol–water partition coefficient (Wildman–Crippen LogP) is 2.96. The number of piperidine rings is 1. The number of aromatic nitrogens is 3. The number of halogens is 2. The minimum atomic E-state index is -0.441. The standard InChI is InChI=1S/C19H24FN5O.ClH/c20-15-5-3-14(4-6-15)19(9-1-2-10-19)22-18(26)17-13-25(24-23-17)16-7-11-21-12-8-16;/h3-6,13,16,21H,1-2,7-12H2,(H,22,26);1H. The molecule has 1 saturated heterocycles. The van der Waals surface area contributed by atoms with Gasteiger partial charge in [0.15, 0.2) is 5.69 Å². The third-order valence-corrected chi connectivity index (χ3v) is 5.63. The van der Waals surface area contributed by atoms with Gasteiger partial charge in [-0.05, 0) is 56.5 Å². The van der Waals surface area contributed by atoms with E-state index in [1.54, 1.807) is 18.3 Å². The summed E-state index contributed by atoms with van der Waals surface area (Å²) in [6.45, 7) is 1.92. The number of hydrogen-bond acceptors (Lipinski definition) is 4. The number of nitrogens with zero attached hydrogens (tertiary/aromatic N) is 3. The van der Waals surface area contributed by atoms with Gasteiger partial charge in [-0.15, -0.1) is 17.5 Å². The van der Waals surface area contributed by atoms with Crippen LogP contribution in [0.2, 0.25) is 0 Å². The summed E-state index contributed by atoms with van der Waals surface area (Å²) in [6, 6.07) is 6.74. The molecular weight excluding hydrogens is 369 g/mol. The van der Waals surface area contributed by atoms with Crippen LogP contribution in [0.3, 0.4) is 0 Å². The molecule has 0 atom stereocenters. The van der Waals surface area contributed by atoms with Gasteiger partial charge in [-0.3, -0.25) is 4.79 Å². The van der Waals surface area contributed by atoms with Crippen LogP contribution in [-0.2, 0) is 5.54 Å². The molecule has 0 spiro atoms. The number of benzene rings is 1. The summed E-state index contributed by atoms with van der Waals surface area (Å²) in [4.78, 5) is 12.8. The van der Waals surface area contributed by atoms with Crippen LogP contribution in [0.1, 0.15) is 60.6 Å². The summed E-state index contributed by atoms with van der Waals surface area (Å²) in [7, 11) is 0. The SMILES string of the molecule is Cl.O=C(NC1(c2ccc(F)cc2)CCCC1)c1cn(C2CCNCC2)nn1. The number of rotatable bonds is 4. The zero-order valence-electron chi connectivity index (χ0n) is 15.2. The van der Waals surface area contributed by atoms with E-state index in [0.29, 0.717) is 11.7 Å². The lowest BCUT2D eigenvalue weighted by atomic mass is 9.88. The molecule has 1 aromatic heterocycles. The Morgan fingerprint density at radius 2 is 1.85 bits per heavy atom. The Morgan fingerprint density at radius 3 is 2.52 bits per heavy atom. The number of hydrogen-bond donors (Lipinski definition) is 2. The molecule has 27 heavy (non-hydrogen) atoms. The van der Waals surface area contributed by atoms with Crippen LogP contribution >= 0.6 is 12.4 Å². The van der Waals surface area contributed by atoms with Gasteiger partial charge in [-0.2, -0.15) is 0 Å². The highest BCUT2D eigenvalue weighted by molar-refractivity contribution is 5.92. The molecule has 8 heteroatoms. The Labute approximate surface area is 164 Å². The quantitative estimate of drug-likeness (QED) is 0.837. The molecule has 2 heterocycles. The smallest absolute Gasteiger partial charge is 0.274 e. The van der Waals surface area contributed by atoms with E-state index in [1.165, 1.54) is 12.1 Å². The molecule has 0 radical (unpaired) electrons. The fourth-order valence-corrected chi connectivity index (χ4v) is 4.15. The normalized spacial score (nSPS) is 19.4. The monoisotopic (exact) mass is 393 g/mol. The molecule has 2 N–H and O–H groups in total. The van der Waals surface area contributed by atoms with Gasteiger partial charge in [0.1, 0.15) is 5.82 Å². The zero-order chi connectivity index (χ0) is 18.0. The Bertz CT molecular complexity index is 767. The zero-order valence-corrected chi connectivity index (χ0v) is 16.0. The average Bonchev–Trinajstić information content (AvgIpc) is 3.33. The summed E-state index contributed by atoms with van der Waals surface area (Å²) < 4.78 is 15.1. The predicted molar refractivity (Wildman–Crippen MR) is 102 cm³/mol. The third-order valence-electron chi connectivity index (χ3n) is 5.63. The van der Waals surface area contributed by atoms with Crippen molar-refractivity contribution in [3.8, 4) is 0 Å². The van der Waals surface area contributed by atoms with Crippen molar-refractivity contribution < 1.29 is 9.18 Å². The van der Waals surface area contributed by atoms with Gasteiger partial charge in [-0.25, -0.2) is 9.07 Å². The second-order valence-electron chi connectivity index (χ2n) is 7.32. The highest BCUT2D eigenvalue weighted by atomic mass is 35.5. The Hall–Kier alpha value is -1.99. The van der Waals surface area contributed by atoms with Crippen LogP contribution in [0.25, 0.3) is 0 Å². The molecule has 146 valence electrons. The average molecular weight is 394 g/mol. The molecule has 0 bridgehead atoms. The first kappa shape index (κ1) is 19.8. The maximum Gasteiger partial charge on any atom is 0.274 e. The molecular formula is C19H25ClFN5O. The molecule has 0 unspecified atom stereocenters. The maximum atomic E-state index is 13.3. The first-order chi connectivity index (χ1) is 12.7. The van der Waals surface area contributed by atoms with Crippen molar-refractivity contribution in [1.82, 2.24) is 25.6 Å². The minimum Gasteiger partial charge on any atom is -0.341 e. The number of amides is 1. The fraction of sp³-hybridized carbons (Fsp3) is 0.526. The molecule has 1 amide bonds. The van der Waals surface area contributed by atoms with Crippen LogP contribution in [0.5, 0.6) is 0 Å². The first-order valence-electron chi connectivity index (χ1n) is 9.37. The molecule has 4 rings (SSSR count). The van der Waals surface area contributed by atoms with Gasteiger partial charge in [0.25, 0.3) is 5.91 Å². The van der Waals surface area contributed by atoms with Gasteiger partial charge in [0.2, 0.25) is 0 Å². The number of carbonyl (C=O) groups excluding carboxylic acids is 1. The molecule has 1 aromatic carbocycles. The molecule has 6 nitrogen and oxygen atoms in total. The van der Waals surface area contributed by atoms with Crippen LogP contribution in [0.15, 0.2) is 30.5 Å². The van der Waals surface area contributed by atoms with E-state index in [0.717, 1.165) is 57.2 Å². The lowest BCUT2D eigenvalue weighted by molar-refractivity contribution is 0.0893. The van der Waals surface area contributed by atoms with Crippen molar-refractivity contribution in [3.63, 3.8) is 0 Å². The Morgan fingerprint density at radius 1 is 1.19 bits per heavy atom. The van der Waals surface area contributed by atoms with E-state index in [9.17, 15) is 9.18 Å². The van der Waals surface area contributed by atoms with Crippen molar-refractivity contribution >= 4 is 18.3 Å². The van der Waals surface area contributed by atoms with Crippen molar-refractivity contribution in [2.24, 2.45) is 0 Å². The summed E-state index contributed by atoms with van der Waals surface area (Å²) >= 11 is 0. The molecule has 2 aromatic rings. The molecule has 1 aliphatic carbocycles. The highest BCUT2D eigenvalue weighted by Crippen LogP contribution is 2.39. The first-order valence-corrected chi connectivity index (χ1v) is 9.37. The topological polar surface area (TPSA) is 71.8 Å². The maximum absolute atomic E-state index is 13.3. The van der Waals surface area contributed by atoms with E-state index in [1.807, 2.05) is 4.68 Å². The van der Waals surface area contributed by atoms with Crippen molar-refractivity contribution in [2.45, 2.75) is 50.1 Å². The van der Waals surface area contributed by atoms with Crippen LogP contribution in [0.4, 0.5) is 4.39 Å². The van der Waals surface area contributed by atoms with E-state index in [-0.39, 0.29) is 24.1 Å². The summed E-state index contributed by atoms with van der Waals surface area (Å²) in [5, 5.41) is 14.8. The van der Waals surface area contributed by atoms with Crippen molar-refractivity contribution in [3.05, 3.63) is 47.5 Å². The second kappa shape index (κ2) is 8.35. The second-order valence-corrected chi connectivity index (χ2v) is 7.32. The van der Waals surface area contributed by atoms with Crippen LogP contribution < -0.4 is 10.6 Å². The van der Waals surface area contributed by atoms with Gasteiger partial charge >= 0.3 is 0 Å². The summed E-state index contributed by atoms with van der Waals surface area (Å²) in [6.07, 6.45) is 7.52. The van der Waals surface area contributed by atoms with Gasteiger partial charge < -0.3 is 10.6 Å². The highest BCUT2D eigenvalue weighted by Gasteiger charge is 2.37. The van der Waals surface area contributed by atoms with E-state index >= 15 is 0 Å². The van der Waals surface area contributed by atoms with Crippen molar-refractivity contribution in [2.75, 3.05) is 13.1 Å². The molecule has 1 aliphatic heterocycles. The molecule has 2 fully saturated rings. The van der Waals surface area contributed by atoms with Crippen LogP contribution in [0, 0.1) is 5.82 Å². The van der Waals surface area contributed by atoms with Crippen molar-refractivity contribution in [1.29, 1.82) is 0 Å². The van der Waals surface area contributed by atoms with E-state index in [2.05, 4.69) is 20.9 Å².